The standard InChI is InChI=1S/C9H11F3O/c1-6-7(9(10,11)12)4-3-5-8(6)13-2/h3,5,7H,4H2,1-2H3. The number of methoxy groups -OCH3 is 1. The Morgan fingerprint density at radius 1 is 1.46 bits per heavy atom. The predicted octanol–water partition coefficient (Wildman–Crippen LogP) is 3.05. The Morgan fingerprint density at radius 2 is 2.08 bits per heavy atom. The molecule has 0 aromatic heterocycles. The van der Waals surface area contributed by atoms with Gasteiger partial charge in [-0.15, -0.1) is 0 Å². The topological polar surface area (TPSA) is 9.23 Å². The second kappa shape index (κ2) is 3.44. The van der Waals surface area contributed by atoms with E-state index in [1.807, 2.05) is 0 Å². The van der Waals surface area contributed by atoms with Gasteiger partial charge in [0.1, 0.15) is 5.76 Å². The average molecular weight is 192 g/mol. The molecular formula is C9H11F3O. The van der Waals surface area contributed by atoms with Gasteiger partial charge >= 0.3 is 6.18 Å². The van der Waals surface area contributed by atoms with Crippen molar-refractivity contribution in [3.05, 3.63) is 23.5 Å². The van der Waals surface area contributed by atoms with Crippen molar-refractivity contribution in [2.24, 2.45) is 5.92 Å². The normalized spacial score (nSPS) is 23.6. The maximum absolute atomic E-state index is 12.4. The van der Waals surface area contributed by atoms with E-state index in [4.69, 9.17) is 4.74 Å². The summed E-state index contributed by atoms with van der Waals surface area (Å²) in [5.74, 6) is -1.05. The molecule has 1 rings (SSSR count). The number of allylic oxidation sites excluding steroid dienone is 3. The van der Waals surface area contributed by atoms with Gasteiger partial charge in [0.25, 0.3) is 0 Å². The molecular weight excluding hydrogens is 181 g/mol. The molecule has 0 aromatic carbocycles. The summed E-state index contributed by atoms with van der Waals surface area (Å²) in [4.78, 5) is 0. The van der Waals surface area contributed by atoms with Crippen LogP contribution < -0.4 is 0 Å². The fraction of sp³-hybridized carbons (Fsp3) is 0.556. The lowest BCUT2D eigenvalue weighted by Crippen LogP contribution is -2.25. The summed E-state index contributed by atoms with van der Waals surface area (Å²) in [5.41, 5.74) is 0.262. The van der Waals surface area contributed by atoms with Crippen LogP contribution in [0, 0.1) is 5.92 Å². The van der Waals surface area contributed by atoms with Gasteiger partial charge in [0.2, 0.25) is 0 Å². The van der Waals surface area contributed by atoms with Crippen LogP contribution in [0.1, 0.15) is 13.3 Å². The van der Waals surface area contributed by atoms with Crippen molar-refractivity contribution in [2.45, 2.75) is 19.5 Å². The zero-order chi connectivity index (χ0) is 10.1. The zero-order valence-electron chi connectivity index (χ0n) is 7.48. The zero-order valence-corrected chi connectivity index (χ0v) is 7.48. The first-order valence-corrected chi connectivity index (χ1v) is 3.95. The summed E-state index contributed by atoms with van der Waals surface area (Å²) in [7, 11) is 1.38. The van der Waals surface area contributed by atoms with Crippen LogP contribution in [0.4, 0.5) is 13.2 Å². The van der Waals surface area contributed by atoms with Crippen molar-refractivity contribution >= 4 is 0 Å². The van der Waals surface area contributed by atoms with Gasteiger partial charge in [0.15, 0.2) is 0 Å². The summed E-state index contributed by atoms with van der Waals surface area (Å²) in [6.45, 7) is 1.46. The number of hydrogen-bond donors (Lipinski definition) is 0. The van der Waals surface area contributed by atoms with Gasteiger partial charge in [-0.2, -0.15) is 13.2 Å². The summed E-state index contributed by atoms with van der Waals surface area (Å²) in [5, 5.41) is 0. The van der Waals surface area contributed by atoms with E-state index < -0.39 is 12.1 Å². The molecule has 0 saturated heterocycles. The molecule has 0 radical (unpaired) electrons. The smallest absolute Gasteiger partial charge is 0.395 e. The van der Waals surface area contributed by atoms with E-state index in [1.54, 1.807) is 6.08 Å². The molecule has 0 fully saturated rings. The molecule has 1 atom stereocenters. The number of hydrogen-bond acceptors (Lipinski definition) is 1. The Balaban J connectivity index is 2.93. The monoisotopic (exact) mass is 192 g/mol. The highest BCUT2D eigenvalue weighted by molar-refractivity contribution is 5.26. The van der Waals surface area contributed by atoms with Gasteiger partial charge in [-0.1, -0.05) is 6.08 Å². The Morgan fingerprint density at radius 3 is 2.54 bits per heavy atom. The van der Waals surface area contributed by atoms with Gasteiger partial charge in [-0.25, -0.2) is 0 Å². The maximum atomic E-state index is 12.4. The lowest BCUT2D eigenvalue weighted by atomic mass is 9.91. The van der Waals surface area contributed by atoms with Crippen molar-refractivity contribution < 1.29 is 17.9 Å². The third-order valence-electron chi connectivity index (χ3n) is 2.17. The Hall–Kier alpha value is -0.930. The minimum Gasteiger partial charge on any atom is -0.497 e. The fourth-order valence-electron chi connectivity index (χ4n) is 1.40. The van der Waals surface area contributed by atoms with Gasteiger partial charge < -0.3 is 4.74 Å². The minimum atomic E-state index is -4.17. The van der Waals surface area contributed by atoms with Gasteiger partial charge in [-0.3, -0.25) is 0 Å². The van der Waals surface area contributed by atoms with Crippen LogP contribution in [0.3, 0.4) is 0 Å². The highest BCUT2D eigenvalue weighted by Gasteiger charge is 2.41. The van der Waals surface area contributed by atoms with Crippen molar-refractivity contribution in [1.82, 2.24) is 0 Å². The first kappa shape index (κ1) is 10.2. The third kappa shape index (κ3) is 2.05. The first-order valence-electron chi connectivity index (χ1n) is 3.95. The quantitative estimate of drug-likeness (QED) is 0.620. The second-order valence-electron chi connectivity index (χ2n) is 2.98. The average Bonchev–Trinajstić information content (AvgIpc) is 2.02. The summed E-state index contributed by atoms with van der Waals surface area (Å²) in [6, 6.07) is 0. The van der Waals surface area contributed by atoms with E-state index in [9.17, 15) is 13.2 Å². The molecule has 0 amide bonds. The number of halogens is 3. The minimum absolute atomic E-state index is 0.0161. The maximum Gasteiger partial charge on any atom is 0.395 e. The summed E-state index contributed by atoms with van der Waals surface area (Å²) in [6.07, 6.45) is -1.08. The molecule has 0 saturated carbocycles. The lowest BCUT2D eigenvalue weighted by Gasteiger charge is -2.24. The van der Waals surface area contributed by atoms with E-state index in [0.29, 0.717) is 5.76 Å². The van der Waals surface area contributed by atoms with Gasteiger partial charge in [0, 0.05) is 0 Å². The molecule has 1 aliphatic rings. The SMILES string of the molecule is COC1=C(C)C(C(F)(F)F)CC=C1. The van der Waals surface area contributed by atoms with Crippen LogP contribution in [-0.4, -0.2) is 13.3 Å². The molecule has 0 heterocycles. The number of rotatable bonds is 1. The van der Waals surface area contributed by atoms with Crippen LogP contribution in [0.25, 0.3) is 0 Å². The molecule has 0 aromatic rings. The largest absolute Gasteiger partial charge is 0.497 e. The van der Waals surface area contributed by atoms with Gasteiger partial charge in [0.05, 0.1) is 13.0 Å². The summed E-state index contributed by atoms with van der Waals surface area (Å²) < 4.78 is 42.0. The highest BCUT2D eigenvalue weighted by Crippen LogP contribution is 2.38. The highest BCUT2D eigenvalue weighted by atomic mass is 19.4. The van der Waals surface area contributed by atoms with E-state index in [0.717, 1.165) is 0 Å². The number of ether oxygens (including phenoxy) is 1. The molecule has 74 valence electrons. The molecule has 13 heavy (non-hydrogen) atoms. The van der Waals surface area contributed by atoms with E-state index in [-0.39, 0.29) is 12.0 Å². The Labute approximate surface area is 74.9 Å². The van der Waals surface area contributed by atoms with Crippen LogP contribution in [0.15, 0.2) is 23.5 Å². The van der Waals surface area contributed by atoms with Crippen LogP contribution in [0.2, 0.25) is 0 Å². The van der Waals surface area contributed by atoms with E-state index >= 15 is 0 Å². The second-order valence-corrected chi connectivity index (χ2v) is 2.98. The van der Waals surface area contributed by atoms with Gasteiger partial charge in [-0.05, 0) is 25.0 Å². The third-order valence-corrected chi connectivity index (χ3v) is 2.17. The predicted molar refractivity (Wildman–Crippen MR) is 43.0 cm³/mol. The van der Waals surface area contributed by atoms with E-state index in [2.05, 4.69) is 0 Å². The fourth-order valence-corrected chi connectivity index (χ4v) is 1.40. The first-order chi connectivity index (χ1) is 5.96. The van der Waals surface area contributed by atoms with Crippen molar-refractivity contribution in [3.63, 3.8) is 0 Å². The Bertz CT molecular complexity index is 250. The molecule has 1 unspecified atom stereocenters. The van der Waals surface area contributed by atoms with Crippen LogP contribution in [-0.2, 0) is 4.74 Å². The molecule has 0 aliphatic heterocycles. The Kier molecular flexibility index (Phi) is 2.68. The molecule has 0 spiro atoms. The van der Waals surface area contributed by atoms with Crippen LogP contribution in [0.5, 0.6) is 0 Å². The number of alkyl halides is 3. The molecule has 0 bridgehead atoms. The lowest BCUT2D eigenvalue weighted by molar-refractivity contribution is -0.164. The molecule has 1 nitrogen and oxygen atoms in total. The molecule has 1 aliphatic carbocycles. The van der Waals surface area contributed by atoms with Crippen molar-refractivity contribution in [3.8, 4) is 0 Å². The molecule has 0 N–H and O–H groups in total. The molecule has 4 heteroatoms. The van der Waals surface area contributed by atoms with Crippen LogP contribution >= 0.6 is 0 Å². The van der Waals surface area contributed by atoms with Crippen molar-refractivity contribution in [1.29, 1.82) is 0 Å². The summed E-state index contributed by atoms with van der Waals surface area (Å²) >= 11 is 0. The van der Waals surface area contributed by atoms with Crippen molar-refractivity contribution in [2.75, 3.05) is 7.11 Å². The van der Waals surface area contributed by atoms with E-state index in [1.165, 1.54) is 20.1 Å².